The van der Waals surface area contributed by atoms with Crippen LogP contribution in [0.2, 0.25) is 5.02 Å². The van der Waals surface area contributed by atoms with Crippen molar-refractivity contribution < 1.29 is 14.0 Å². The lowest BCUT2D eigenvalue weighted by atomic mass is 9.97. The van der Waals surface area contributed by atoms with Crippen molar-refractivity contribution in [2.75, 3.05) is 38.1 Å². The Balaban J connectivity index is 1.85. The molecular weight excluding hydrogens is 405 g/mol. The number of carbonyl (C=O) groups is 2. The van der Waals surface area contributed by atoms with Crippen molar-refractivity contribution in [3.8, 4) is 0 Å². The SMILES string of the molecule is Cc1ccc(C2=C(N3CCN(C)CC3)C(=O)N(c3ccc(F)c(Cl)c3)C2=O)c(C)c1. The summed E-state index contributed by atoms with van der Waals surface area (Å²) in [5, 5.41) is -0.130. The van der Waals surface area contributed by atoms with E-state index in [1.165, 1.54) is 18.2 Å². The monoisotopic (exact) mass is 427 g/mol. The molecule has 1 saturated heterocycles. The van der Waals surface area contributed by atoms with Gasteiger partial charge in [-0.15, -0.1) is 0 Å². The van der Waals surface area contributed by atoms with E-state index in [1.54, 1.807) is 0 Å². The second kappa shape index (κ2) is 7.85. The number of piperazine rings is 1. The lowest BCUT2D eigenvalue weighted by Gasteiger charge is -2.34. The molecule has 0 bridgehead atoms. The van der Waals surface area contributed by atoms with Crippen LogP contribution in [0.4, 0.5) is 10.1 Å². The molecule has 30 heavy (non-hydrogen) atoms. The molecule has 5 nitrogen and oxygen atoms in total. The third kappa shape index (κ3) is 3.50. The van der Waals surface area contributed by atoms with Gasteiger partial charge in [-0.1, -0.05) is 35.4 Å². The Morgan fingerprint density at radius 3 is 2.27 bits per heavy atom. The van der Waals surface area contributed by atoms with Gasteiger partial charge in [0.05, 0.1) is 16.3 Å². The topological polar surface area (TPSA) is 43.9 Å². The van der Waals surface area contributed by atoms with E-state index in [2.05, 4.69) is 4.90 Å². The van der Waals surface area contributed by atoms with Crippen LogP contribution in [0.15, 0.2) is 42.1 Å². The lowest BCUT2D eigenvalue weighted by molar-refractivity contribution is -0.120. The highest BCUT2D eigenvalue weighted by Gasteiger charge is 2.43. The first-order valence-corrected chi connectivity index (χ1v) is 10.2. The van der Waals surface area contributed by atoms with Crippen LogP contribution in [0.1, 0.15) is 16.7 Å². The summed E-state index contributed by atoms with van der Waals surface area (Å²) in [4.78, 5) is 32.3. The van der Waals surface area contributed by atoms with Crippen molar-refractivity contribution >= 4 is 34.7 Å². The van der Waals surface area contributed by atoms with Gasteiger partial charge in [0.1, 0.15) is 11.5 Å². The average molecular weight is 428 g/mol. The average Bonchev–Trinajstić information content (AvgIpc) is 2.95. The molecule has 2 aliphatic heterocycles. The summed E-state index contributed by atoms with van der Waals surface area (Å²) in [5.74, 6) is -1.41. The number of benzene rings is 2. The van der Waals surface area contributed by atoms with Crippen LogP contribution in [-0.2, 0) is 9.59 Å². The zero-order valence-corrected chi connectivity index (χ0v) is 18.0. The van der Waals surface area contributed by atoms with Crippen molar-refractivity contribution in [1.82, 2.24) is 9.80 Å². The molecule has 0 aliphatic carbocycles. The fraction of sp³-hybridized carbons (Fsp3) is 0.304. The molecule has 2 aliphatic rings. The number of amides is 2. The van der Waals surface area contributed by atoms with Crippen LogP contribution < -0.4 is 4.90 Å². The zero-order chi connectivity index (χ0) is 21.6. The number of hydrogen-bond donors (Lipinski definition) is 0. The van der Waals surface area contributed by atoms with Gasteiger partial charge in [0, 0.05) is 26.2 Å². The Bertz CT molecular complexity index is 1070. The molecule has 1 fully saturated rings. The van der Waals surface area contributed by atoms with E-state index in [0.29, 0.717) is 24.4 Å². The molecule has 0 unspecified atom stereocenters. The Hall–Kier alpha value is -2.70. The highest BCUT2D eigenvalue weighted by atomic mass is 35.5. The second-order valence-electron chi connectivity index (χ2n) is 7.88. The van der Waals surface area contributed by atoms with Gasteiger partial charge in [-0.25, -0.2) is 9.29 Å². The first kappa shape index (κ1) is 20.6. The molecule has 0 spiro atoms. The van der Waals surface area contributed by atoms with Crippen LogP contribution >= 0.6 is 11.6 Å². The van der Waals surface area contributed by atoms with E-state index in [9.17, 15) is 14.0 Å². The fourth-order valence-corrected chi connectivity index (χ4v) is 4.21. The second-order valence-corrected chi connectivity index (χ2v) is 8.28. The Morgan fingerprint density at radius 1 is 0.933 bits per heavy atom. The number of imide groups is 1. The van der Waals surface area contributed by atoms with Crippen molar-refractivity contribution in [3.63, 3.8) is 0 Å². The summed E-state index contributed by atoms with van der Waals surface area (Å²) < 4.78 is 13.7. The molecule has 0 radical (unpaired) electrons. The summed E-state index contributed by atoms with van der Waals surface area (Å²) >= 11 is 5.93. The maximum Gasteiger partial charge on any atom is 0.282 e. The molecule has 4 rings (SSSR count). The Morgan fingerprint density at radius 2 is 1.63 bits per heavy atom. The molecule has 2 amide bonds. The van der Waals surface area contributed by atoms with Crippen LogP contribution in [0.5, 0.6) is 0 Å². The van der Waals surface area contributed by atoms with Crippen molar-refractivity contribution in [2.45, 2.75) is 13.8 Å². The predicted octanol–water partition coefficient (Wildman–Crippen LogP) is 3.63. The number of carbonyl (C=O) groups excluding carboxylic acids is 2. The smallest absolute Gasteiger partial charge is 0.282 e. The summed E-state index contributed by atoms with van der Waals surface area (Å²) in [5.41, 5.74) is 3.81. The van der Waals surface area contributed by atoms with Crippen molar-refractivity contribution in [1.29, 1.82) is 0 Å². The maximum absolute atomic E-state index is 13.7. The minimum atomic E-state index is -0.596. The summed E-state index contributed by atoms with van der Waals surface area (Å²) in [6, 6.07) is 9.72. The summed E-state index contributed by atoms with van der Waals surface area (Å²) in [6.45, 7) is 6.82. The van der Waals surface area contributed by atoms with E-state index >= 15 is 0 Å². The molecule has 0 saturated carbocycles. The van der Waals surface area contributed by atoms with Gasteiger partial charge >= 0.3 is 0 Å². The van der Waals surface area contributed by atoms with Crippen LogP contribution in [0.25, 0.3) is 5.57 Å². The number of hydrogen-bond acceptors (Lipinski definition) is 4. The van der Waals surface area contributed by atoms with Gasteiger partial charge in [-0.3, -0.25) is 9.59 Å². The molecule has 2 aromatic carbocycles. The number of rotatable bonds is 3. The van der Waals surface area contributed by atoms with Crippen LogP contribution in [0.3, 0.4) is 0 Å². The minimum Gasteiger partial charge on any atom is -0.364 e. The highest BCUT2D eigenvalue weighted by molar-refractivity contribution is 6.45. The molecule has 2 aromatic rings. The number of nitrogens with zero attached hydrogens (tertiary/aromatic N) is 3. The molecule has 0 aromatic heterocycles. The Labute approximate surface area is 180 Å². The number of anilines is 1. The first-order valence-electron chi connectivity index (χ1n) is 9.87. The number of likely N-dealkylation sites (N-methyl/N-ethyl adjacent to an activating group) is 1. The predicted molar refractivity (Wildman–Crippen MR) is 116 cm³/mol. The van der Waals surface area contributed by atoms with E-state index in [-0.39, 0.29) is 10.7 Å². The molecule has 7 heteroatoms. The van der Waals surface area contributed by atoms with Crippen molar-refractivity contribution in [2.24, 2.45) is 0 Å². The fourth-order valence-electron chi connectivity index (χ4n) is 4.04. The van der Waals surface area contributed by atoms with Gasteiger partial charge in [-0.2, -0.15) is 0 Å². The van der Waals surface area contributed by atoms with Gasteiger partial charge in [0.2, 0.25) is 0 Å². The van der Waals surface area contributed by atoms with E-state index in [0.717, 1.165) is 34.7 Å². The normalized spacial score (nSPS) is 18.0. The first-order chi connectivity index (χ1) is 14.3. The van der Waals surface area contributed by atoms with Crippen LogP contribution in [0, 0.1) is 19.7 Å². The standard InChI is InChI=1S/C23H23ClFN3O2/c1-14-4-6-17(15(2)12-14)20-21(27-10-8-26(3)9-11-27)23(30)28(22(20)29)16-5-7-19(25)18(24)13-16/h4-7,12-13H,8-11H2,1-3H3. The van der Waals surface area contributed by atoms with E-state index in [1.807, 2.05) is 44.0 Å². The molecular formula is C23H23ClFN3O2. The summed E-state index contributed by atoms with van der Waals surface area (Å²) in [7, 11) is 2.03. The Kier molecular flexibility index (Phi) is 5.38. The molecule has 2 heterocycles. The molecule has 0 N–H and O–H groups in total. The third-order valence-corrected chi connectivity index (χ3v) is 5.98. The van der Waals surface area contributed by atoms with Gasteiger partial charge in [-0.05, 0) is 50.2 Å². The molecule has 0 atom stereocenters. The van der Waals surface area contributed by atoms with Gasteiger partial charge < -0.3 is 9.80 Å². The quantitative estimate of drug-likeness (QED) is 0.702. The third-order valence-electron chi connectivity index (χ3n) is 5.69. The minimum absolute atomic E-state index is 0.130. The largest absolute Gasteiger partial charge is 0.364 e. The van der Waals surface area contributed by atoms with Crippen molar-refractivity contribution in [3.05, 3.63) is 69.6 Å². The molecule has 156 valence electrons. The summed E-state index contributed by atoms with van der Waals surface area (Å²) in [6.07, 6.45) is 0. The lowest BCUT2D eigenvalue weighted by Crippen LogP contribution is -2.46. The van der Waals surface area contributed by atoms with E-state index < -0.39 is 17.6 Å². The highest BCUT2D eigenvalue weighted by Crippen LogP contribution is 2.37. The van der Waals surface area contributed by atoms with Gasteiger partial charge in [0.25, 0.3) is 11.8 Å². The van der Waals surface area contributed by atoms with Gasteiger partial charge in [0.15, 0.2) is 0 Å². The van der Waals surface area contributed by atoms with E-state index in [4.69, 9.17) is 11.6 Å². The number of halogens is 2. The maximum atomic E-state index is 13.7. The van der Waals surface area contributed by atoms with Crippen LogP contribution in [-0.4, -0.2) is 54.8 Å². The number of aryl methyl sites for hydroxylation is 2. The zero-order valence-electron chi connectivity index (χ0n) is 17.2.